The second-order valence-corrected chi connectivity index (χ2v) is 8.82. The molecule has 174 valence electrons. The number of nitriles is 1. The minimum absolute atomic E-state index is 0.207. The Balaban J connectivity index is 1.99. The van der Waals surface area contributed by atoms with Crippen LogP contribution in [0, 0.1) is 17.1 Å². The Labute approximate surface area is 196 Å². The van der Waals surface area contributed by atoms with Gasteiger partial charge in [0.05, 0.1) is 29.0 Å². The van der Waals surface area contributed by atoms with Crippen molar-refractivity contribution < 1.29 is 13.9 Å². The van der Waals surface area contributed by atoms with Crippen molar-refractivity contribution in [2.75, 3.05) is 11.4 Å². The van der Waals surface area contributed by atoms with Gasteiger partial charge in [-0.15, -0.1) is 6.58 Å². The average Bonchev–Trinajstić information content (AvgIpc) is 3.37. The lowest BCUT2D eigenvalue weighted by Crippen LogP contribution is -2.37. The van der Waals surface area contributed by atoms with Crippen molar-refractivity contribution in [1.29, 1.82) is 5.26 Å². The van der Waals surface area contributed by atoms with Crippen molar-refractivity contribution in [2.45, 2.75) is 39.7 Å². The summed E-state index contributed by atoms with van der Waals surface area (Å²) < 4.78 is 19.8. The molecule has 0 aliphatic carbocycles. The summed E-state index contributed by atoms with van der Waals surface area (Å²) in [6.45, 7) is 11.4. The number of rotatable bonds is 5. The number of amides is 1. The molecule has 0 aliphatic heterocycles. The van der Waals surface area contributed by atoms with E-state index in [1.54, 1.807) is 39.2 Å². The fraction of sp³-hybridized carbons (Fsp3) is 0.280. The van der Waals surface area contributed by atoms with Crippen molar-refractivity contribution >= 4 is 34.0 Å². The number of aromatic nitrogens is 4. The topological polar surface area (TPSA) is 111 Å². The van der Waals surface area contributed by atoms with Gasteiger partial charge in [0.1, 0.15) is 28.1 Å². The fourth-order valence-electron chi connectivity index (χ4n) is 3.95. The summed E-state index contributed by atoms with van der Waals surface area (Å²) in [5.41, 5.74) is 3.14. The standard InChI is InChI=1S/C25H25FN6O2/c1-6-8-17-18-20-21(29-13-28-20)23(32(7-2)24(33)34-25(3,4)5)31-22(18)30-19(17)15-9-14(12-27)10-16(26)11-15/h6,9-11,13H,1,7-8H2,2-5H3,(H,28,29)(H,30,31). The minimum atomic E-state index is -0.672. The first kappa shape index (κ1) is 23.0. The molecule has 3 heterocycles. The summed E-state index contributed by atoms with van der Waals surface area (Å²) in [5, 5.41) is 10.0. The van der Waals surface area contributed by atoms with E-state index in [0.717, 1.165) is 10.9 Å². The molecular weight excluding hydrogens is 435 g/mol. The van der Waals surface area contributed by atoms with Gasteiger partial charge in [0.2, 0.25) is 0 Å². The number of halogens is 1. The van der Waals surface area contributed by atoms with Crippen LogP contribution in [0.2, 0.25) is 0 Å². The number of imidazole rings is 1. The zero-order valence-corrected chi connectivity index (χ0v) is 19.5. The van der Waals surface area contributed by atoms with Gasteiger partial charge in [-0.3, -0.25) is 4.90 Å². The predicted molar refractivity (Wildman–Crippen MR) is 129 cm³/mol. The number of carbonyl (C=O) groups excluding carboxylic acids is 1. The van der Waals surface area contributed by atoms with E-state index < -0.39 is 17.5 Å². The van der Waals surface area contributed by atoms with Gasteiger partial charge in [0.25, 0.3) is 0 Å². The van der Waals surface area contributed by atoms with Crippen LogP contribution < -0.4 is 4.90 Å². The fourth-order valence-corrected chi connectivity index (χ4v) is 3.95. The predicted octanol–water partition coefficient (Wildman–Crippen LogP) is 5.61. The number of fused-ring (bicyclic) bond motifs is 3. The number of benzene rings is 1. The lowest BCUT2D eigenvalue weighted by molar-refractivity contribution is 0.0581. The van der Waals surface area contributed by atoms with Crippen LogP contribution in [0.25, 0.3) is 33.3 Å². The quantitative estimate of drug-likeness (QED) is 0.376. The molecule has 9 heteroatoms. The van der Waals surface area contributed by atoms with Gasteiger partial charge >= 0.3 is 6.09 Å². The van der Waals surface area contributed by atoms with Gasteiger partial charge < -0.3 is 14.7 Å². The molecule has 0 fully saturated rings. The van der Waals surface area contributed by atoms with Gasteiger partial charge in [-0.25, -0.2) is 19.2 Å². The molecular formula is C25H25FN6O2. The van der Waals surface area contributed by atoms with Crippen LogP contribution in [-0.4, -0.2) is 38.2 Å². The SMILES string of the molecule is C=CCc1c(-c2cc(F)cc(C#N)c2)[nH]c2nc(N(CC)C(=O)OC(C)(C)C)c3[nH]cnc3c12. The maximum absolute atomic E-state index is 14.2. The number of allylic oxidation sites excluding steroid dienone is 1. The summed E-state index contributed by atoms with van der Waals surface area (Å²) in [7, 11) is 0. The third-order valence-corrected chi connectivity index (χ3v) is 5.25. The van der Waals surface area contributed by atoms with Crippen LogP contribution in [0.3, 0.4) is 0 Å². The number of ether oxygens (including phenoxy) is 1. The molecule has 3 aromatic heterocycles. The molecule has 0 bridgehead atoms. The summed E-state index contributed by atoms with van der Waals surface area (Å²) in [5.74, 6) is -0.149. The third kappa shape index (κ3) is 4.10. The number of nitrogens with one attached hydrogen (secondary N) is 2. The Hall–Kier alpha value is -4.19. The Kier molecular flexibility index (Phi) is 5.83. The summed E-state index contributed by atoms with van der Waals surface area (Å²) >= 11 is 0. The van der Waals surface area contributed by atoms with Crippen LogP contribution in [0.15, 0.2) is 37.2 Å². The number of nitrogens with zero attached hydrogens (tertiary/aromatic N) is 4. The largest absolute Gasteiger partial charge is 0.443 e. The van der Waals surface area contributed by atoms with Gasteiger partial charge in [-0.05, 0) is 57.9 Å². The molecule has 0 unspecified atom stereocenters. The van der Waals surface area contributed by atoms with Crippen LogP contribution in [0.5, 0.6) is 0 Å². The second kappa shape index (κ2) is 8.63. The Morgan fingerprint density at radius 2 is 2.12 bits per heavy atom. The molecule has 1 amide bonds. The number of pyridine rings is 1. The smallest absolute Gasteiger partial charge is 0.416 e. The van der Waals surface area contributed by atoms with Crippen molar-refractivity contribution in [1.82, 2.24) is 19.9 Å². The minimum Gasteiger partial charge on any atom is -0.443 e. The lowest BCUT2D eigenvalue weighted by atomic mass is 10.0. The summed E-state index contributed by atoms with van der Waals surface area (Å²) in [4.78, 5) is 30.0. The number of hydrogen-bond acceptors (Lipinski definition) is 5. The van der Waals surface area contributed by atoms with E-state index in [2.05, 4.69) is 21.5 Å². The first-order valence-corrected chi connectivity index (χ1v) is 10.9. The number of H-pyrrole nitrogens is 2. The molecule has 4 rings (SSSR count). The Morgan fingerprint density at radius 1 is 1.35 bits per heavy atom. The highest BCUT2D eigenvalue weighted by Crippen LogP contribution is 2.37. The van der Waals surface area contributed by atoms with Gasteiger partial charge in [-0.1, -0.05) is 6.08 Å². The zero-order valence-electron chi connectivity index (χ0n) is 19.5. The monoisotopic (exact) mass is 460 g/mol. The van der Waals surface area contributed by atoms with Crippen molar-refractivity contribution in [3.63, 3.8) is 0 Å². The summed E-state index contributed by atoms with van der Waals surface area (Å²) in [6.07, 6.45) is 3.21. The van der Waals surface area contributed by atoms with E-state index in [4.69, 9.17) is 9.72 Å². The van der Waals surface area contributed by atoms with Gasteiger partial charge in [0, 0.05) is 12.1 Å². The van der Waals surface area contributed by atoms with E-state index in [1.807, 2.05) is 13.0 Å². The van der Waals surface area contributed by atoms with Gasteiger partial charge in [0.15, 0.2) is 5.82 Å². The molecule has 2 N–H and O–H groups in total. The highest BCUT2D eigenvalue weighted by atomic mass is 19.1. The molecule has 0 radical (unpaired) electrons. The first-order chi connectivity index (χ1) is 16.2. The number of carbonyl (C=O) groups is 1. The van der Waals surface area contributed by atoms with Crippen molar-refractivity contribution in [2.24, 2.45) is 0 Å². The highest BCUT2D eigenvalue weighted by molar-refractivity contribution is 6.11. The summed E-state index contributed by atoms with van der Waals surface area (Å²) in [6, 6.07) is 6.14. The van der Waals surface area contributed by atoms with E-state index in [9.17, 15) is 14.4 Å². The maximum Gasteiger partial charge on any atom is 0.416 e. The molecule has 0 aliphatic rings. The van der Waals surface area contributed by atoms with Crippen LogP contribution >= 0.6 is 0 Å². The van der Waals surface area contributed by atoms with E-state index in [0.29, 0.717) is 46.7 Å². The molecule has 34 heavy (non-hydrogen) atoms. The van der Waals surface area contributed by atoms with Crippen molar-refractivity contribution in [3.05, 3.63) is 54.1 Å². The van der Waals surface area contributed by atoms with Crippen molar-refractivity contribution in [3.8, 4) is 17.3 Å². The molecule has 1 aromatic carbocycles. The third-order valence-electron chi connectivity index (χ3n) is 5.25. The van der Waals surface area contributed by atoms with Crippen LogP contribution in [0.4, 0.5) is 15.0 Å². The van der Waals surface area contributed by atoms with Crippen LogP contribution in [-0.2, 0) is 11.2 Å². The molecule has 0 atom stereocenters. The zero-order chi connectivity index (χ0) is 24.6. The number of aromatic amines is 2. The molecule has 8 nitrogen and oxygen atoms in total. The average molecular weight is 461 g/mol. The van der Waals surface area contributed by atoms with E-state index >= 15 is 0 Å². The first-order valence-electron chi connectivity index (χ1n) is 10.9. The number of anilines is 1. The van der Waals surface area contributed by atoms with E-state index in [-0.39, 0.29) is 5.56 Å². The van der Waals surface area contributed by atoms with Crippen LogP contribution in [0.1, 0.15) is 38.8 Å². The Bertz CT molecular complexity index is 1450. The lowest BCUT2D eigenvalue weighted by Gasteiger charge is -2.26. The molecule has 4 aromatic rings. The molecule has 0 spiro atoms. The maximum atomic E-state index is 14.2. The normalized spacial score (nSPS) is 11.5. The Morgan fingerprint density at radius 3 is 2.76 bits per heavy atom. The molecule has 0 saturated carbocycles. The van der Waals surface area contributed by atoms with E-state index in [1.165, 1.54) is 17.0 Å². The second-order valence-electron chi connectivity index (χ2n) is 8.82. The highest BCUT2D eigenvalue weighted by Gasteiger charge is 2.28. The molecule has 0 saturated heterocycles. The van der Waals surface area contributed by atoms with Gasteiger partial charge in [-0.2, -0.15) is 5.26 Å². The number of hydrogen-bond donors (Lipinski definition) is 2.